The molecule has 0 saturated carbocycles. The summed E-state index contributed by atoms with van der Waals surface area (Å²) in [5.41, 5.74) is 6.40. The maximum absolute atomic E-state index is 7.47. The molecule has 0 amide bonds. The van der Waals surface area contributed by atoms with Crippen LogP contribution >= 0.6 is 11.3 Å². The molecule has 0 atom stereocenters. The number of piperidine rings is 1. The van der Waals surface area contributed by atoms with Crippen LogP contribution in [0.3, 0.4) is 0 Å². The average molecular weight is 238 g/mol. The molecule has 0 bridgehead atoms. The van der Waals surface area contributed by atoms with E-state index in [4.69, 9.17) is 11.1 Å². The molecule has 0 spiro atoms. The Kier molecular flexibility index (Phi) is 3.14. The summed E-state index contributed by atoms with van der Waals surface area (Å²) in [6.07, 6.45) is 2.46. The summed E-state index contributed by atoms with van der Waals surface area (Å²) in [5.74, 6) is 0.955. The first-order valence-electron chi connectivity index (χ1n) is 5.64. The second-order valence-corrected chi connectivity index (χ2v) is 5.47. The highest BCUT2D eigenvalue weighted by atomic mass is 32.1. The molecule has 2 heterocycles. The molecule has 1 saturated heterocycles. The third-order valence-corrected chi connectivity index (χ3v) is 4.34. The Bertz CT molecular complexity index is 391. The fourth-order valence-electron chi connectivity index (χ4n) is 1.97. The number of nitrogen functional groups attached to an aromatic ring is 1. The number of thiazole rings is 1. The number of aryl methyl sites for hydroxylation is 1. The Morgan fingerprint density at radius 3 is 2.62 bits per heavy atom. The van der Waals surface area contributed by atoms with Crippen molar-refractivity contribution in [2.45, 2.75) is 26.7 Å². The Balaban J connectivity index is 2.15. The van der Waals surface area contributed by atoms with Crippen LogP contribution < -0.4 is 10.6 Å². The van der Waals surface area contributed by atoms with Crippen LogP contribution in [-0.4, -0.2) is 23.9 Å². The summed E-state index contributed by atoms with van der Waals surface area (Å²) in [6, 6.07) is 0. The van der Waals surface area contributed by atoms with E-state index < -0.39 is 0 Å². The molecular weight excluding hydrogens is 220 g/mol. The van der Waals surface area contributed by atoms with E-state index in [-0.39, 0.29) is 5.84 Å². The number of anilines is 1. The second kappa shape index (κ2) is 4.41. The monoisotopic (exact) mass is 238 g/mol. The van der Waals surface area contributed by atoms with E-state index in [1.54, 1.807) is 11.3 Å². The number of amidine groups is 1. The molecule has 0 aliphatic carbocycles. The van der Waals surface area contributed by atoms with Crippen LogP contribution in [0.15, 0.2) is 0 Å². The lowest BCUT2D eigenvalue weighted by Crippen LogP contribution is -2.32. The van der Waals surface area contributed by atoms with Gasteiger partial charge < -0.3 is 10.6 Å². The first-order valence-corrected chi connectivity index (χ1v) is 6.46. The van der Waals surface area contributed by atoms with Crippen molar-refractivity contribution in [3.8, 4) is 0 Å². The molecule has 0 unspecified atom stereocenters. The Morgan fingerprint density at radius 1 is 1.50 bits per heavy atom. The lowest BCUT2D eigenvalue weighted by atomic mass is 10.00. The summed E-state index contributed by atoms with van der Waals surface area (Å²) >= 11 is 1.54. The molecule has 2 rings (SSSR count). The van der Waals surface area contributed by atoms with Crippen LogP contribution in [0.4, 0.5) is 5.13 Å². The summed E-state index contributed by atoms with van der Waals surface area (Å²) in [7, 11) is 0. The predicted molar refractivity (Wildman–Crippen MR) is 68.5 cm³/mol. The smallest absolute Gasteiger partial charge is 0.186 e. The van der Waals surface area contributed by atoms with Gasteiger partial charge in [-0.15, -0.1) is 0 Å². The third-order valence-electron chi connectivity index (χ3n) is 3.08. The topological polar surface area (TPSA) is 66.0 Å². The highest BCUT2D eigenvalue weighted by Crippen LogP contribution is 2.29. The molecule has 4 nitrogen and oxygen atoms in total. The van der Waals surface area contributed by atoms with Gasteiger partial charge in [-0.3, -0.25) is 5.41 Å². The minimum Gasteiger partial charge on any atom is -0.383 e. The number of hydrogen-bond donors (Lipinski definition) is 2. The summed E-state index contributed by atoms with van der Waals surface area (Å²) in [4.78, 5) is 7.63. The third kappa shape index (κ3) is 2.19. The fraction of sp³-hybridized carbons (Fsp3) is 0.636. The zero-order valence-electron chi connectivity index (χ0n) is 9.79. The molecule has 1 aromatic heterocycles. The first kappa shape index (κ1) is 11.4. The van der Waals surface area contributed by atoms with Gasteiger partial charge in [-0.05, 0) is 25.7 Å². The van der Waals surface area contributed by atoms with Crippen molar-refractivity contribution in [1.29, 1.82) is 5.41 Å². The van der Waals surface area contributed by atoms with E-state index in [0.717, 1.165) is 34.7 Å². The molecule has 1 aliphatic heterocycles. The van der Waals surface area contributed by atoms with Crippen LogP contribution in [0, 0.1) is 18.3 Å². The van der Waals surface area contributed by atoms with E-state index in [0.29, 0.717) is 0 Å². The molecule has 0 aromatic carbocycles. The van der Waals surface area contributed by atoms with Crippen molar-refractivity contribution in [3.63, 3.8) is 0 Å². The van der Waals surface area contributed by atoms with Gasteiger partial charge in [0.2, 0.25) is 0 Å². The van der Waals surface area contributed by atoms with Gasteiger partial charge >= 0.3 is 0 Å². The van der Waals surface area contributed by atoms with Gasteiger partial charge in [0.15, 0.2) is 5.13 Å². The van der Waals surface area contributed by atoms with E-state index >= 15 is 0 Å². The lowest BCUT2D eigenvalue weighted by molar-refractivity contribution is 0.438. The van der Waals surface area contributed by atoms with Crippen molar-refractivity contribution in [3.05, 3.63) is 10.6 Å². The number of nitrogens with one attached hydrogen (secondary N) is 1. The highest BCUT2D eigenvalue weighted by Gasteiger charge is 2.20. The molecule has 1 aromatic rings. The number of aromatic nitrogens is 1. The maximum atomic E-state index is 7.47. The van der Waals surface area contributed by atoms with Crippen LogP contribution in [0.25, 0.3) is 0 Å². The van der Waals surface area contributed by atoms with Crippen molar-refractivity contribution in [1.82, 2.24) is 4.98 Å². The molecule has 16 heavy (non-hydrogen) atoms. The molecule has 0 radical (unpaired) electrons. The van der Waals surface area contributed by atoms with Crippen molar-refractivity contribution in [2.24, 2.45) is 11.7 Å². The minimum absolute atomic E-state index is 0.131. The molecule has 3 N–H and O–H groups in total. The predicted octanol–water partition coefficient (Wildman–Crippen LogP) is 1.97. The van der Waals surface area contributed by atoms with Gasteiger partial charge in [-0.2, -0.15) is 0 Å². The van der Waals surface area contributed by atoms with Crippen LogP contribution in [0.5, 0.6) is 0 Å². The van der Waals surface area contributed by atoms with E-state index in [1.807, 2.05) is 6.92 Å². The normalized spacial score (nSPS) is 17.8. The van der Waals surface area contributed by atoms with Gasteiger partial charge in [0.1, 0.15) is 5.84 Å². The van der Waals surface area contributed by atoms with Gasteiger partial charge in [-0.1, -0.05) is 18.3 Å². The molecule has 88 valence electrons. The number of hydrogen-bond acceptors (Lipinski definition) is 4. The maximum Gasteiger partial charge on any atom is 0.186 e. The molecule has 1 fully saturated rings. The Morgan fingerprint density at radius 2 is 2.12 bits per heavy atom. The quantitative estimate of drug-likeness (QED) is 0.611. The number of nitrogens with zero attached hydrogens (tertiary/aromatic N) is 2. The molecular formula is C11H18N4S. The lowest BCUT2D eigenvalue weighted by Gasteiger charge is -2.29. The standard InChI is InChI=1S/C11H18N4S/c1-7-3-5-15(6-4-7)11-14-8(2)9(16-11)10(12)13/h7H,3-6H2,1-2H3,(H3,12,13). The van der Waals surface area contributed by atoms with Crippen LogP contribution in [0.2, 0.25) is 0 Å². The van der Waals surface area contributed by atoms with Gasteiger partial charge in [0.25, 0.3) is 0 Å². The summed E-state index contributed by atoms with van der Waals surface area (Å²) < 4.78 is 0. The average Bonchev–Trinajstić information content (AvgIpc) is 2.61. The molecule has 5 heteroatoms. The summed E-state index contributed by atoms with van der Waals surface area (Å²) in [5, 5.41) is 8.49. The van der Waals surface area contributed by atoms with E-state index in [2.05, 4.69) is 16.8 Å². The fourth-order valence-corrected chi connectivity index (χ4v) is 2.95. The van der Waals surface area contributed by atoms with Gasteiger partial charge in [-0.25, -0.2) is 4.98 Å². The van der Waals surface area contributed by atoms with Gasteiger partial charge in [0, 0.05) is 13.1 Å². The van der Waals surface area contributed by atoms with Crippen molar-refractivity contribution >= 4 is 22.3 Å². The van der Waals surface area contributed by atoms with Crippen molar-refractivity contribution in [2.75, 3.05) is 18.0 Å². The highest BCUT2D eigenvalue weighted by molar-refractivity contribution is 7.17. The number of rotatable bonds is 2. The van der Waals surface area contributed by atoms with Crippen molar-refractivity contribution < 1.29 is 0 Å². The Hall–Kier alpha value is -1.10. The first-order chi connectivity index (χ1) is 7.58. The van der Waals surface area contributed by atoms with Crippen LogP contribution in [-0.2, 0) is 0 Å². The summed E-state index contributed by atoms with van der Waals surface area (Å²) in [6.45, 7) is 6.37. The zero-order valence-corrected chi connectivity index (χ0v) is 10.6. The zero-order chi connectivity index (χ0) is 11.7. The SMILES string of the molecule is Cc1nc(N2CCC(C)CC2)sc1C(=N)N. The Labute approximate surface area is 100.0 Å². The second-order valence-electron chi connectivity index (χ2n) is 4.49. The number of nitrogens with two attached hydrogens (primary N) is 1. The van der Waals surface area contributed by atoms with Gasteiger partial charge in [0.05, 0.1) is 10.6 Å². The molecule has 1 aliphatic rings. The largest absolute Gasteiger partial charge is 0.383 e. The minimum atomic E-state index is 0.131. The van der Waals surface area contributed by atoms with E-state index in [1.165, 1.54) is 12.8 Å². The van der Waals surface area contributed by atoms with E-state index in [9.17, 15) is 0 Å². The van der Waals surface area contributed by atoms with Crippen LogP contribution in [0.1, 0.15) is 30.3 Å².